The summed E-state index contributed by atoms with van der Waals surface area (Å²) in [6.45, 7) is 4.92. The van der Waals surface area contributed by atoms with Crippen LogP contribution in [-0.4, -0.2) is 20.1 Å². The zero-order valence-electron chi connectivity index (χ0n) is 11.6. The van der Waals surface area contributed by atoms with E-state index in [4.69, 9.17) is 10.5 Å². The maximum absolute atomic E-state index is 11.7. The van der Waals surface area contributed by atoms with Crippen LogP contribution >= 0.6 is 0 Å². The number of rotatable bonds is 3. The Labute approximate surface area is 118 Å². The van der Waals surface area contributed by atoms with Crippen LogP contribution in [0.1, 0.15) is 26.3 Å². The molecule has 7 heteroatoms. The second kappa shape index (κ2) is 5.96. The van der Waals surface area contributed by atoms with Gasteiger partial charge in [-0.05, 0) is 38.5 Å². The Balaban J connectivity index is 2.76. The van der Waals surface area contributed by atoms with Crippen LogP contribution in [0.3, 0.4) is 0 Å². The van der Waals surface area contributed by atoms with Gasteiger partial charge in [-0.15, -0.1) is 0 Å². The molecule has 0 aliphatic rings. The molecule has 3 N–H and O–H groups in total. The fourth-order valence-corrected chi connectivity index (χ4v) is 1.94. The molecular formula is C13H18N2O4S. The van der Waals surface area contributed by atoms with Gasteiger partial charge in [-0.3, -0.25) is 0 Å². The number of benzene rings is 1. The van der Waals surface area contributed by atoms with Crippen molar-refractivity contribution >= 4 is 27.9 Å². The number of nitrogen functional groups attached to an aromatic ring is 1. The Kier molecular flexibility index (Phi) is 4.78. The number of para-hydroxylation sites is 1. The highest BCUT2D eigenvalue weighted by atomic mass is 32.2. The molecule has 1 rings (SSSR count). The van der Waals surface area contributed by atoms with Crippen LogP contribution in [0.2, 0.25) is 0 Å². The Morgan fingerprint density at radius 1 is 1.30 bits per heavy atom. The molecule has 0 saturated carbocycles. The summed E-state index contributed by atoms with van der Waals surface area (Å²) in [7, 11) is -3.93. The summed E-state index contributed by atoms with van der Waals surface area (Å²) in [6, 6.07) is 6.77. The zero-order chi connectivity index (χ0) is 15.4. The number of carbonyl (C=O) groups is 1. The van der Waals surface area contributed by atoms with Crippen molar-refractivity contribution in [2.45, 2.75) is 26.4 Å². The van der Waals surface area contributed by atoms with Crippen LogP contribution in [0.25, 0.3) is 6.08 Å². The van der Waals surface area contributed by atoms with E-state index in [1.165, 1.54) is 6.08 Å². The topological polar surface area (TPSA) is 98.5 Å². The highest BCUT2D eigenvalue weighted by molar-refractivity contribution is 7.93. The third kappa shape index (κ3) is 5.75. The molecule has 0 aromatic heterocycles. The first-order valence-electron chi connectivity index (χ1n) is 5.87. The summed E-state index contributed by atoms with van der Waals surface area (Å²) in [4.78, 5) is 11.4. The van der Waals surface area contributed by atoms with E-state index in [0.717, 1.165) is 5.41 Å². The number of ether oxygens (including phenoxy) is 1. The quantitative estimate of drug-likeness (QED) is 0.833. The van der Waals surface area contributed by atoms with Crippen molar-refractivity contribution in [1.82, 2.24) is 4.72 Å². The van der Waals surface area contributed by atoms with Crippen LogP contribution in [0.4, 0.5) is 10.5 Å². The molecule has 0 bridgehead atoms. The summed E-state index contributed by atoms with van der Waals surface area (Å²) in [5, 5.41) is 0.864. The maximum Gasteiger partial charge on any atom is 0.421 e. The van der Waals surface area contributed by atoms with Crippen molar-refractivity contribution < 1.29 is 17.9 Å². The number of hydrogen-bond donors (Lipinski definition) is 2. The summed E-state index contributed by atoms with van der Waals surface area (Å²) >= 11 is 0. The van der Waals surface area contributed by atoms with Crippen molar-refractivity contribution in [2.75, 3.05) is 5.73 Å². The number of carbonyl (C=O) groups excluding carboxylic acids is 1. The van der Waals surface area contributed by atoms with Gasteiger partial charge in [0.15, 0.2) is 0 Å². The first kappa shape index (κ1) is 16.0. The van der Waals surface area contributed by atoms with Gasteiger partial charge in [-0.2, -0.15) is 0 Å². The van der Waals surface area contributed by atoms with E-state index < -0.39 is 21.7 Å². The molecule has 0 aliphatic heterocycles. The average Bonchev–Trinajstić information content (AvgIpc) is 2.24. The van der Waals surface area contributed by atoms with Crippen LogP contribution in [-0.2, 0) is 14.8 Å². The monoisotopic (exact) mass is 298 g/mol. The lowest BCUT2D eigenvalue weighted by molar-refractivity contribution is 0.0571. The Bertz CT molecular complexity index is 616. The van der Waals surface area contributed by atoms with E-state index >= 15 is 0 Å². The van der Waals surface area contributed by atoms with Crippen LogP contribution in [0.15, 0.2) is 29.7 Å². The first-order chi connectivity index (χ1) is 9.09. The first-order valence-corrected chi connectivity index (χ1v) is 7.42. The zero-order valence-corrected chi connectivity index (χ0v) is 12.4. The molecule has 6 nitrogen and oxygen atoms in total. The lowest BCUT2D eigenvalue weighted by Crippen LogP contribution is -2.35. The molecule has 0 radical (unpaired) electrons. The maximum atomic E-state index is 11.7. The molecule has 0 saturated heterocycles. The van der Waals surface area contributed by atoms with Crippen molar-refractivity contribution in [3.8, 4) is 0 Å². The summed E-state index contributed by atoms with van der Waals surface area (Å²) in [5.41, 5.74) is 5.89. The Hall–Kier alpha value is -2.02. The van der Waals surface area contributed by atoms with E-state index in [-0.39, 0.29) is 0 Å². The van der Waals surface area contributed by atoms with E-state index in [0.29, 0.717) is 11.3 Å². The SMILES string of the molecule is CC(C)(C)OC(=O)NS(=O)(=O)/C=C/c1ccccc1N. The minimum Gasteiger partial charge on any atom is -0.443 e. The number of hydrogen-bond acceptors (Lipinski definition) is 5. The van der Waals surface area contributed by atoms with Gasteiger partial charge >= 0.3 is 6.09 Å². The van der Waals surface area contributed by atoms with Gasteiger partial charge in [-0.1, -0.05) is 18.2 Å². The van der Waals surface area contributed by atoms with Gasteiger partial charge in [0, 0.05) is 5.69 Å². The lowest BCUT2D eigenvalue weighted by atomic mass is 10.2. The highest BCUT2D eigenvalue weighted by Gasteiger charge is 2.19. The molecule has 0 atom stereocenters. The van der Waals surface area contributed by atoms with E-state index in [1.807, 2.05) is 0 Å². The van der Waals surface area contributed by atoms with Crippen molar-refractivity contribution in [1.29, 1.82) is 0 Å². The van der Waals surface area contributed by atoms with Crippen LogP contribution in [0.5, 0.6) is 0 Å². The minimum atomic E-state index is -3.93. The molecule has 1 amide bonds. The van der Waals surface area contributed by atoms with Gasteiger partial charge in [0.2, 0.25) is 0 Å². The molecule has 0 aliphatic carbocycles. The second-order valence-electron chi connectivity index (χ2n) is 5.08. The van der Waals surface area contributed by atoms with E-state index in [9.17, 15) is 13.2 Å². The molecular weight excluding hydrogens is 280 g/mol. The minimum absolute atomic E-state index is 0.441. The molecule has 1 aromatic carbocycles. The summed E-state index contributed by atoms with van der Waals surface area (Å²) in [5.74, 6) is 0. The number of nitrogens with one attached hydrogen (secondary N) is 1. The van der Waals surface area contributed by atoms with Crippen molar-refractivity contribution in [2.24, 2.45) is 0 Å². The van der Waals surface area contributed by atoms with Gasteiger partial charge in [0.25, 0.3) is 10.0 Å². The van der Waals surface area contributed by atoms with E-state index in [1.54, 1.807) is 49.8 Å². The number of anilines is 1. The molecule has 20 heavy (non-hydrogen) atoms. The third-order valence-corrected chi connectivity index (χ3v) is 2.99. The normalized spacial score (nSPS) is 12.3. The predicted octanol–water partition coefficient (Wildman–Crippen LogP) is 2.09. The predicted molar refractivity (Wildman–Crippen MR) is 78.2 cm³/mol. The fraction of sp³-hybridized carbons (Fsp3) is 0.308. The molecule has 1 aromatic rings. The average molecular weight is 298 g/mol. The smallest absolute Gasteiger partial charge is 0.421 e. The molecule has 0 unspecified atom stereocenters. The number of nitrogens with two attached hydrogens (primary N) is 1. The Morgan fingerprint density at radius 2 is 1.90 bits per heavy atom. The van der Waals surface area contributed by atoms with Gasteiger partial charge < -0.3 is 10.5 Å². The lowest BCUT2D eigenvalue weighted by Gasteiger charge is -2.19. The van der Waals surface area contributed by atoms with Crippen molar-refractivity contribution in [3.05, 3.63) is 35.2 Å². The standard InChI is InChI=1S/C13H18N2O4S/c1-13(2,3)19-12(16)15-20(17,18)9-8-10-6-4-5-7-11(10)14/h4-9H,14H2,1-3H3,(H,15,16)/b9-8+. The molecule has 110 valence electrons. The molecule has 0 spiro atoms. The molecule has 0 fully saturated rings. The number of amides is 1. The summed E-state index contributed by atoms with van der Waals surface area (Å²) < 4.78 is 30.0. The Morgan fingerprint density at radius 3 is 2.45 bits per heavy atom. The van der Waals surface area contributed by atoms with Crippen molar-refractivity contribution in [3.63, 3.8) is 0 Å². The number of sulfonamides is 1. The largest absolute Gasteiger partial charge is 0.443 e. The van der Waals surface area contributed by atoms with Gasteiger partial charge in [-0.25, -0.2) is 17.9 Å². The highest BCUT2D eigenvalue weighted by Crippen LogP contribution is 2.13. The van der Waals surface area contributed by atoms with Gasteiger partial charge in [0.05, 0.1) is 5.41 Å². The fourth-order valence-electron chi connectivity index (χ4n) is 1.27. The molecule has 0 heterocycles. The summed E-state index contributed by atoms with van der Waals surface area (Å²) in [6.07, 6.45) is 0.283. The van der Waals surface area contributed by atoms with Gasteiger partial charge in [0.1, 0.15) is 5.60 Å². The third-order valence-electron chi connectivity index (χ3n) is 2.05. The van der Waals surface area contributed by atoms with Crippen LogP contribution in [0, 0.1) is 0 Å². The van der Waals surface area contributed by atoms with Crippen LogP contribution < -0.4 is 10.5 Å². The second-order valence-corrected chi connectivity index (χ2v) is 6.65. The van der Waals surface area contributed by atoms with E-state index in [2.05, 4.69) is 0 Å².